The highest BCUT2D eigenvalue weighted by Crippen LogP contribution is 2.26. The molecular formula is C16H17F2NO. The maximum absolute atomic E-state index is 13.1. The Morgan fingerprint density at radius 3 is 2.35 bits per heavy atom. The molecule has 0 aliphatic heterocycles. The van der Waals surface area contributed by atoms with Crippen LogP contribution >= 0.6 is 0 Å². The fourth-order valence-electron chi connectivity index (χ4n) is 2.00. The SMILES string of the molecule is Cc1ccc([C@H](C)N)c(OCc2cc(F)cc(F)c2)c1. The Hall–Kier alpha value is -1.94. The second-order valence-corrected chi connectivity index (χ2v) is 4.90. The van der Waals surface area contributed by atoms with Crippen LogP contribution in [0.2, 0.25) is 0 Å². The smallest absolute Gasteiger partial charge is 0.126 e. The summed E-state index contributed by atoms with van der Waals surface area (Å²) in [5.74, 6) is -0.579. The molecule has 0 saturated heterocycles. The number of hydrogen-bond donors (Lipinski definition) is 1. The number of benzene rings is 2. The summed E-state index contributed by atoms with van der Waals surface area (Å²) in [5, 5.41) is 0. The van der Waals surface area contributed by atoms with Crippen LogP contribution < -0.4 is 10.5 Å². The Morgan fingerprint density at radius 1 is 1.10 bits per heavy atom. The van der Waals surface area contributed by atoms with Gasteiger partial charge in [-0.05, 0) is 43.2 Å². The van der Waals surface area contributed by atoms with E-state index < -0.39 is 11.6 Å². The first-order valence-corrected chi connectivity index (χ1v) is 6.39. The lowest BCUT2D eigenvalue weighted by atomic mass is 10.1. The normalized spacial score (nSPS) is 12.2. The molecule has 0 aliphatic rings. The van der Waals surface area contributed by atoms with E-state index in [9.17, 15) is 8.78 Å². The van der Waals surface area contributed by atoms with Crippen molar-refractivity contribution in [3.8, 4) is 5.75 Å². The van der Waals surface area contributed by atoms with E-state index >= 15 is 0 Å². The highest BCUT2D eigenvalue weighted by atomic mass is 19.1. The Kier molecular flexibility index (Phi) is 4.35. The van der Waals surface area contributed by atoms with E-state index in [1.807, 2.05) is 32.0 Å². The van der Waals surface area contributed by atoms with Crippen molar-refractivity contribution >= 4 is 0 Å². The van der Waals surface area contributed by atoms with Crippen molar-refractivity contribution < 1.29 is 13.5 Å². The predicted molar refractivity (Wildman–Crippen MR) is 74.5 cm³/mol. The number of rotatable bonds is 4. The minimum Gasteiger partial charge on any atom is -0.489 e. The first-order chi connectivity index (χ1) is 9.45. The van der Waals surface area contributed by atoms with Crippen LogP contribution in [0.25, 0.3) is 0 Å². The molecule has 2 N–H and O–H groups in total. The topological polar surface area (TPSA) is 35.2 Å². The zero-order valence-electron chi connectivity index (χ0n) is 11.5. The van der Waals surface area contributed by atoms with Gasteiger partial charge in [0.25, 0.3) is 0 Å². The van der Waals surface area contributed by atoms with Crippen LogP contribution in [0.4, 0.5) is 8.78 Å². The van der Waals surface area contributed by atoms with E-state index in [1.54, 1.807) is 0 Å². The quantitative estimate of drug-likeness (QED) is 0.920. The van der Waals surface area contributed by atoms with E-state index in [1.165, 1.54) is 12.1 Å². The minimum atomic E-state index is -0.611. The average Bonchev–Trinajstić information content (AvgIpc) is 2.35. The molecule has 0 fully saturated rings. The molecule has 1 atom stereocenters. The standard InChI is InChI=1S/C16H17F2NO/c1-10-3-4-15(11(2)19)16(5-10)20-9-12-6-13(17)8-14(18)7-12/h3-8,11H,9,19H2,1-2H3/t11-/m0/s1. The largest absolute Gasteiger partial charge is 0.489 e. The lowest BCUT2D eigenvalue weighted by Gasteiger charge is -2.15. The van der Waals surface area contributed by atoms with Crippen LogP contribution in [0.5, 0.6) is 5.75 Å². The van der Waals surface area contributed by atoms with Crippen molar-refractivity contribution in [1.29, 1.82) is 0 Å². The summed E-state index contributed by atoms with van der Waals surface area (Å²) in [4.78, 5) is 0. The van der Waals surface area contributed by atoms with Gasteiger partial charge in [0.2, 0.25) is 0 Å². The molecule has 2 aromatic carbocycles. The predicted octanol–water partition coefficient (Wildman–Crippen LogP) is 3.87. The van der Waals surface area contributed by atoms with Crippen molar-refractivity contribution in [3.05, 3.63) is 64.7 Å². The summed E-state index contributed by atoms with van der Waals surface area (Å²) < 4.78 is 31.9. The third kappa shape index (κ3) is 3.54. The molecule has 0 heterocycles. The molecule has 0 amide bonds. The number of hydrogen-bond acceptors (Lipinski definition) is 2. The third-order valence-corrected chi connectivity index (χ3v) is 2.98. The van der Waals surface area contributed by atoms with Gasteiger partial charge < -0.3 is 10.5 Å². The molecule has 20 heavy (non-hydrogen) atoms. The maximum atomic E-state index is 13.1. The average molecular weight is 277 g/mol. The van der Waals surface area contributed by atoms with Gasteiger partial charge in [0, 0.05) is 17.7 Å². The highest BCUT2D eigenvalue weighted by Gasteiger charge is 2.09. The summed E-state index contributed by atoms with van der Waals surface area (Å²) in [6.07, 6.45) is 0. The minimum absolute atomic E-state index is 0.0951. The van der Waals surface area contributed by atoms with Crippen molar-refractivity contribution in [2.24, 2.45) is 5.73 Å². The van der Waals surface area contributed by atoms with E-state index in [0.29, 0.717) is 11.3 Å². The Morgan fingerprint density at radius 2 is 1.75 bits per heavy atom. The molecule has 0 bridgehead atoms. The van der Waals surface area contributed by atoms with Crippen molar-refractivity contribution in [3.63, 3.8) is 0 Å². The first kappa shape index (κ1) is 14.5. The molecule has 2 nitrogen and oxygen atoms in total. The highest BCUT2D eigenvalue weighted by molar-refractivity contribution is 5.39. The summed E-state index contributed by atoms with van der Waals surface area (Å²) in [6, 6.07) is 8.90. The van der Waals surface area contributed by atoms with Crippen LogP contribution in [0.15, 0.2) is 36.4 Å². The molecule has 4 heteroatoms. The van der Waals surface area contributed by atoms with Gasteiger partial charge in [0.15, 0.2) is 0 Å². The fourth-order valence-corrected chi connectivity index (χ4v) is 2.00. The molecular weight excluding hydrogens is 260 g/mol. The van der Waals surface area contributed by atoms with Gasteiger partial charge in [-0.3, -0.25) is 0 Å². The van der Waals surface area contributed by atoms with Crippen LogP contribution in [-0.4, -0.2) is 0 Å². The lowest BCUT2D eigenvalue weighted by molar-refractivity contribution is 0.300. The van der Waals surface area contributed by atoms with Crippen molar-refractivity contribution in [2.45, 2.75) is 26.5 Å². The van der Waals surface area contributed by atoms with E-state index in [-0.39, 0.29) is 12.6 Å². The molecule has 0 saturated carbocycles. The summed E-state index contributed by atoms with van der Waals surface area (Å²) >= 11 is 0. The first-order valence-electron chi connectivity index (χ1n) is 6.39. The van der Waals surface area contributed by atoms with Gasteiger partial charge in [-0.15, -0.1) is 0 Å². The van der Waals surface area contributed by atoms with Gasteiger partial charge in [-0.1, -0.05) is 12.1 Å². The van der Waals surface area contributed by atoms with Gasteiger partial charge >= 0.3 is 0 Å². The molecule has 106 valence electrons. The molecule has 0 radical (unpaired) electrons. The summed E-state index contributed by atoms with van der Waals surface area (Å²) in [5.41, 5.74) is 8.23. The van der Waals surface area contributed by atoms with Gasteiger partial charge in [-0.2, -0.15) is 0 Å². The second-order valence-electron chi connectivity index (χ2n) is 4.90. The second kappa shape index (κ2) is 6.01. The number of aryl methyl sites for hydroxylation is 1. The Bertz CT molecular complexity index is 591. The Labute approximate surface area is 117 Å². The summed E-state index contributed by atoms with van der Waals surface area (Å²) in [7, 11) is 0. The van der Waals surface area contributed by atoms with Gasteiger partial charge in [-0.25, -0.2) is 8.78 Å². The number of nitrogens with two attached hydrogens (primary N) is 1. The molecule has 0 spiro atoms. The number of ether oxygens (including phenoxy) is 1. The van der Waals surface area contributed by atoms with E-state index in [2.05, 4.69) is 0 Å². The zero-order valence-corrected chi connectivity index (χ0v) is 11.5. The van der Waals surface area contributed by atoms with Crippen LogP contribution in [0.1, 0.15) is 29.7 Å². The Balaban J connectivity index is 2.20. The molecule has 0 unspecified atom stereocenters. The van der Waals surface area contributed by atoms with Crippen LogP contribution in [0, 0.1) is 18.6 Å². The lowest BCUT2D eigenvalue weighted by Crippen LogP contribution is -2.08. The molecule has 0 aliphatic carbocycles. The molecule has 2 rings (SSSR count). The molecule has 2 aromatic rings. The van der Waals surface area contributed by atoms with Gasteiger partial charge in [0.05, 0.1) is 0 Å². The molecule has 0 aromatic heterocycles. The fraction of sp³-hybridized carbons (Fsp3) is 0.250. The van der Waals surface area contributed by atoms with Crippen LogP contribution in [0.3, 0.4) is 0 Å². The van der Waals surface area contributed by atoms with Crippen LogP contribution in [-0.2, 0) is 6.61 Å². The van der Waals surface area contributed by atoms with Gasteiger partial charge in [0.1, 0.15) is 24.0 Å². The summed E-state index contributed by atoms with van der Waals surface area (Å²) in [6.45, 7) is 3.90. The van der Waals surface area contributed by atoms with Crippen molar-refractivity contribution in [1.82, 2.24) is 0 Å². The van der Waals surface area contributed by atoms with E-state index in [0.717, 1.165) is 17.2 Å². The number of halogens is 2. The maximum Gasteiger partial charge on any atom is 0.126 e. The third-order valence-electron chi connectivity index (χ3n) is 2.98. The zero-order chi connectivity index (χ0) is 14.7. The van der Waals surface area contributed by atoms with Crippen molar-refractivity contribution in [2.75, 3.05) is 0 Å². The monoisotopic (exact) mass is 277 g/mol. The van der Waals surface area contributed by atoms with E-state index in [4.69, 9.17) is 10.5 Å².